The molecule has 45 heavy (non-hydrogen) atoms. The van der Waals surface area contributed by atoms with Crippen LogP contribution in [-0.4, -0.2) is 19.1 Å². The summed E-state index contributed by atoms with van der Waals surface area (Å²) in [6, 6.07) is 49.5. The zero-order valence-electron chi connectivity index (χ0n) is 24.1. The molecule has 0 spiro atoms. The summed E-state index contributed by atoms with van der Waals surface area (Å²) < 4.78 is 7.12. The van der Waals surface area contributed by atoms with Crippen molar-refractivity contribution in [3.8, 4) is 22.9 Å². The normalized spacial score (nSPS) is 12.0. The zero-order chi connectivity index (χ0) is 29.5. The van der Waals surface area contributed by atoms with Gasteiger partial charge in [-0.3, -0.25) is 4.57 Å². The molecule has 10 aromatic rings. The smallest absolute Gasteiger partial charge is 0.235 e. The van der Waals surface area contributed by atoms with Crippen LogP contribution in [0.4, 0.5) is 0 Å². The highest BCUT2D eigenvalue weighted by molar-refractivity contribution is 7.25. The molecule has 5 heteroatoms. The molecule has 0 atom stereocenters. The van der Waals surface area contributed by atoms with E-state index in [2.05, 4.69) is 149 Å². The number of rotatable bonds is 3. The van der Waals surface area contributed by atoms with Crippen LogP contribution < -0.4 is 0 Å². The van der Waals surface area contributed by atoms with Gasteiger partial charge in [0.05, 0.1) is 27.8 Å². The van der Waals surface area contributed by atoms with Crippen molar-refractivity contribution in [1.82, 2.24) is 19.1 Å². The summed E-state index contributed by atoms with van der Waals surface area (Å²) in [4.78, 5) is 10.6. The van der Waals surface area contributed by atoms with E-state index in [1.54, 1.807) is 0 Å². The van der Waals surface area contributed by atoms with Crippen LogP contribution in [0.5, 0.6) is 0 Å². The van der Waals surface area contributed by atoms with Gasteiger partial charge in [0.25, 0.3) is 0 Å². The SMILES string of the molecule is c1ccc(-c2nc(-n3c4cc5sc6ccccc6c5cc4c4ccc5c(ccn5-c5ccccc5)c43)nc3ccccc23)cc1. The average Bonchev–Trinajstić information content (AvgIpc) is 3.79. The average molecular weight is 593 g/mol. The second-order valence-corrected chi connectivity index (χ2v) is 12.6. The second-order valence-electron chi connectivity index (χ2n) is 11.5. The molecule has 0 saturated heterocycles. The summed E-state index contributed by atoms with van der Waals surface area (Å²) in [5, 5.41) is 7.18. The summed E-state index contributed by atoms with van der Waals surface area (Å²) >= 11 is 1.84. The van der Waals surface area contributed by atoms with E-state index in [4.69, 9.17) is 9.97 Å². The summed E-state index contributed by atoms with van der Waals surface area (Å²) in [5.41, 5.74) is 7.44. The predicted molar refractivity (Wildman–Crippen MR) is 189 cm³/mol. The molecule has 0 radical (unpaired) electrons. The Morgan fingerprint density at radius 2 is 1.24 bits per heavy atom. The molecule has 0 bridgehead atoms. The van der Waals surface area contributed by atoms with Gasteiger partial charge in [-0.05, 0) is 48.5 Å². The van der Waals surface area contributed by atoms with Crippen molar-refractivity contribution in [2.24, 2.45) is 0 Å². The molecular weight excluding hydrogens is 569 g/mol. The van der Waals surface area contributed by atoms with E-state index in [1.807, 2.05) is 17.4 Å². The topological polar surface area (TPSA) is 35.6 Å². The van der Waals surface area contributed by atoms with Gasteiger partial charge in [-0.15, -0.1) is 11.3 Å². The first kappa shape index (κ1) is 24.6. The molecule has 0 unspecified atom stereocenters. The molecule has 6 aromatic carbocycles. The van der Waals surface area contributed by atoms with Gasteiger partial charge in [-0.1, -0.05) is 91.0 Å². The first-order valence-corrected chi connectivity index (χ1v) is 15.9. The lowest BCUT2D eigenvalue weighted by atomic mass is 10.1. The highest BCUT2D eigenvalue weighted by atomic mass is 32.1. The minimum Gasteiger partial charge on any atom is -0.316 e. The van der Waals surface area contributed by atoms with Crippen LogP contribution >= 0.6 is 11.3 Å². The molecule has 0 aliphatic heterocycles. The Bertz CT molecular complexity index is 2750. The number of aromatic nitrogens is 4. The van der Waals surface area contributed by atoms with E-state index in [1.165, 1.54) is 36.3 Å². The van der Waals surface area contributed by atoms with Gasteiger partial charge in [-0.2, -0.15) is 0 Å². The number of hydrogen-bond donors (Lipinski definition) is 0. The van der Waals surface area contributed by atoms with Gasteiger partial charge in [-0.25, -0.2) is 9.97 Å². The standard InChI is InChI=1S/C40H24N4S/c1-3-11-25(12-4-1)38-29-16-7-9-17-33(29)41-40(42-38)44-35-24-37-32(27-15-8-10-18-36(27)45-37)23-31(35)28-19-20-34-30(39(28)44)21-22-43(34)26-13-5-2-6-14-26/h1-24H. The van der Waals surface area contributed by atoms with Gasteiger partial charge in [0.15, 0.2) is 0 Å². The van der Waals surface area contributed by atoms with Gasteiger partial charge < -0.3 is 4.57 Å². The Labute approximate surface area is 262 Å². The van der Waals surface area contributed by atoms with Crippen molar-refractivity contribution in [2.45, 2.75) is 0 Å². The quantitative estimate of drug-likeness (QED) is 0.205. The summed E-state index contributed by atoms with van der Waals surface area (Å²) in [7, 11) is 0. The third-order valence-electron chi connectivity index (χ3n) is 8.97. The van der Waals surface area contributed by atoms with Crippen LogP contribution in [0.3, 0.4) is 0 Å². The minimum atomic E-state index is 0.674. The number of para-hydroxylation sites is 2. The van der Waals surface area contributed by atoms with Crippen molar-refractivity contribution in [3.05, 3.63) is 146 Å². The molecule has 0 amide bonds. The van der Waals surface area contributed by atoms with Crippen LogP contribution in [0.2, 0.25) is 0 Å². The van der Waals surface area contributed by atoms with Crippen molar-refractivity contribution in [2.75, 3.05) is 0 Å². The Hall–Kier alpha value is -5.78. The third kappa shape index (κ3) is 3.59. The maximum Gasteiger partial charge on any atom is 0.235 e. The van der Waals surface area contributed by atoms with E-state index in [0.29, 0.717) is 5.95 Å². The van der Waals surface area contributed by atoms with E-state index in [-0.39, 0.29) is 0 Å². The first-order valence-electron chi connectivity index (χ1n) is 15.1. The number of fused-ring (bicyclic) bond motifs is 9. The highest BCUT2D eigenvalue weighted by Gasteiger charge is 2.21. The van der Waals surface area contributed by atoms with Gasteiger partial charge in [0, 0.05) is 59.2 Å². The monoisotopic (exact) mass is 592 g/mol. The summed E-state index contributed by atoms with van der Waals surface area (Å²) in [6.45, 7) is 0. The third-order valence-corrected chi connectivity index (χ3v) is 10.1. The second kappa shape index (κ2) is 9.36. The van der Waals surface area contributed by atoms with Crippen molar-refractivity contribution in [3.63, 3.8) is 0 Å². The number of thiophene rings is 1. The van der Waals surface area contributed by atoms with E-state index >= 15 is 0 Å². The molecule has 0 N–H and O–H groups in total. The van der Waals surface area contributed by atoms with E-state index < -0.39 is 0 Å². The first-order chi connectivity index (χ1) is 22.3. The molecule has 4 nitrogen and oxygen atoms in total. The molecular formula is C40H24N4S. The highest BCUT2D eigenvalue weighted by Crippen LogP contribution is 2.43. The van der Waals surface area contributed by atoms with E-state index in [0.717, 1.165) is 44.4 Å². The Morgan fingerprint density at radius 3 is 2.11 bits per heavy atom. The molecule has 0 aliphatic carbocycles. The van der Waals surface area contributed by atoms with Gasteiger partial charge >= 0.3 is 0 Å². The molecule has 4 aromatic heterocycles. The number of hydrogen-bond acceptors (Lipinski definition) is 3. The predicted octanol–water partition coefficient (Wildman–Crippen LogP) is 10.7. The molecule has 10 rings (SSSR count). The minimum absolute atomic E-state index is 0.674. The van der Waals surface area contributed by atoms with Crippen molar-refractivity contribution in [1.29, 1.82) is 0 Å². The summed E-state index contributed by atoms with van der Waals surface area (Å²) in [5.74, 6) is 0.674. The van der Waals surface area contributed by atoms with Crippen LogP contribution in [0.1, 0.15) is 0 Å². The fourth-order valence-corrected chi connectivity index (χ4v) is 8.06. The lowest BCUT2D eigenvalue weighted by Crippen LogP contribution is -2.03. The molecule has 210 valence electrons. The van der Waals surface area contributed by atoms with Gasteiger partial charge in [0.1, 0.15) is 0 Å². The van der Waals surface area contributed by atoms with Gasteiger partial charge in [0.2, 0.25) is 5.95 Å². The Kier molecular flexibility index (Phi) is 5.12. The van der Waals surface area contributed by atoms with Crippen LogP contribution in [0, 0.1) is 0 Å². The van der Waals surface area contributed by atoms with Crippen LogP contribution in [0.25, 0.3) is 86.7 Å². The molecule has 0 aliphatic rings. The lowest BCUT2D eigenvalue weighted by Gasteiger charge is -2.12. The van der Waals surface area contributed by atoms with Crippen LogP contribution in [-0.2, 0) is 0 Å². The zero-order valence-corrected chi connectivity index (χ0v) is 24.9. The molecule has 4 heterocycles. The number of nitrogens with zero attached hydrogens (tertiary/aromatic N) is 4. The fourth-order valence-electron chi connectivity index (χ4n) is 6.94. The molecule has 0 saturated carbocycles. The van der Waals surface area contributed by atoms with Crippen molar-refractivity contribution < 1.29 is 0 Å². The Balaban J connectivity index is 1.37. The Morgan fingerprint density at radius 1 is 0.489 bits per heavy atom. The van der Waals surface area contributed by atoms with E-state index in [9.17, 15) is 0 Å². The van der Waals surface area contributed by atoms with Crippen molar-refractivity contribution >= 4 is 75.1 Å². The fraction of sp³-hybridized carbons (Fsp3) is 0. The number of benzene rings is 6. The summed E-state index contributed by atoms with van der Waals surface area (Å²) in [6.07, 6.45) is 2.17. The molecule has 0 fully saturated rings. The maximum absolute atomic E-state index is 5.36. The lowest BCUT2D eigenvalue weighted by molar-refractivity contribution is 1.02. The van der Waals surface area contributed by atoms with Crippen LogP contribution in [0.15, 0.2) is 146 Å². The largest absolute Gasteiger partial charge is 0.316 e. The maximum atomic E-state index is 5.36.